The molecule has 0 bridgehead atoms. The summed E-state index contributed by atoms with van der Waals surface area (Å²) < 4.78 is 27.0. The average Bonchev–Trinajstić information content (AvgIpc) is 2.79. The SMILES string of the molecule is CC(C)c1nccn1S(=O)(=O)c1ccc(Br)cc1. The van der Waals surface area contributed by atoms with E-state index in [-0.39, 0.29) is 10.8 Å². The smallest absolute Gasteiger partial charge is 0.240 e. The van der Waals surface area contributed by atoms with Crippen molar-refractivity contribution in [1.29, 1.82) is 0 Å². The summed E-state index contributed by atoms with van der Waals surface area (Å²) in [4.78, 5) is 4.35. The number of imidazole rings is 1. The van der Waals surface area contributed by atoms with E-state index >= 15 is 0 Å². The third-order valence-electron chi connectivity index (χ3n) is 2.52. The van der Waals surface area contributed by atoms with Crippen molar-refractivity contribution in [3.8, 4) is 0 Å². The van der Waals surface area contributed by atoms with Gasteiger partial charge in [-0.15, -0.1) is 0 Å². The van der Waals surface area contributed by atoms with Crippen LogP contribution in [0.2, 0.25) is 0 Å². The minimum atomic E-state index is -3.55. The molecule has 1 aromatic heterocycles. The van der Waals surface area contributed by atoms with Gasteiger partial charge < -0.3 is 0 Å². The zero-order valence-corrected chi connectivity index (χ0v) is 12.4. The Morgan fingerprint density at radius 3 is 2.39 bits per heavy atom. The fraction of sp³-hybridized carbons (Fsp3) is 0.250. The molecule has 0 saturated carbocycles. The minimum absolute atomic E-state index is 0.0465. The summed E-state index contributed by atoms with van der Waals surface area (Å²) in [5, 5.41) is 0. The molecule has 0 aliphatic carbocycles. The van der Waals surface area contributed by atoms with Gasteiger partial charge in [-0.05, 0) is 24.3 Å². The van der Waals surface area contributed by atoms with Gasteiger partial charge >= 0.3 is 0 Å². The second kappa shape index (κ2) is 4.85. The van der Waals surface area contributed by atoms with Crippen molar-refractivity contribution in [3.63, 3.8) is 0 Å². The van der Waals surface area contributed by atoms with E-state index in [9.17, 15) is 8.42 Å². The molecule has 18 heavy (non-hydrogen) atoms. The van der Waals surface area contributed by atoms with Gasteiger partial charge in [0.2, 0.25) is 0 Å². The Kier molecular flexibility index (Phi) is 3.59. The molecule has 0 radical (unpaired) electrons. The van der Waals surface area contributed by atoms with Crippen LogP contribution in [0.5, 0.6) is 0 Å². The molecular weight excluding hydrogens is 316 g/mol. The number of hydrogen-bond donors (Lipinski definition) is 0. The first kappa shape index (κ1) is 13.3. The second-order valence-corrected chi connectivity index (χ2v) is 6.93. The van der Waals surface area contributed by atoms with E-state index in [1.54, 1.807) is 24.3 Å². The largest absolute Gasteiger partial charge is 0.269 e. The molecule has 1 aromatic carbocycles. The highest BCUT2D eigenvalue weighted by Gasteiger charge is 2.21. The lowest BCUT2D eigenvalue weighted by atomic mass is 10.2. The monoisotopic (exact) mass is 328 g/mol. The maximum absolute atomic E-state index is 12.4. The van der Waals surface area contributed by atoms with Gasteiger partial charge in [0.1, 0.15) is 5.82 Å². The van der Waals surface area contributed by atoms with Gasteiger partial charge in [0.05, 0.1) is 4.90 Å². The van der Waals surface area contributed by atoms with E-state index in [0.29, 0.717) is 5.82 Å². The highest BCUT2D eigenvalue weighted by molar-refractivity contribution is 9.10. The lowest BCUT2D eigenvalue weighted by molar-refractivity contribution is 0.581. The molecule has 0 amide bonds. The zero-order valence-electron chi connectivity index (χ0n) is 10.0. The van der Waals surface area contributed by atoms with Crippen molar-refractivity contribution >= 4 is 26.0 Å². The lowest BCUT2D eigenvalue weighted by Crippen LogP contribution is -2.16. The molecular formula is C12H13BrN2O2S. The van der Waals surface area contributed by atoms with Crippen LogP contribution in [0.25, 0.3) is 0 Å². The maximum atomic E-state index is 12.4. The second-order valence-electron chi connectivity index (χ2n) is 4.19. The van der Waals surface area contributed by atoms with Crippen LogP contribution in [0, 0.1) is 0 Å². The summed E-state index contributed by atoms with van der Waals surface area (Å²) in [6.07, 6.45) is 2.98. The lowest BCUT2D eigenvalue weighted by Gasteiger charge is -2.11. The summed E-state index contributed by atoms with van der Waals surface area (Å²) in [5.74, 6) is 0.586. The van der Waals surface area contributed by atoms with Gasteiger partial charge in [0.25, 0.3) is 10.0 Å². The third kappa shape index (κ3) is 2.35. The molecule has 4 nitrogen and oxygen atoms in total. The number of rotatable bonds is 3. The summed E-state index contributed by atoms with van der Waals surface area (Å²) >= 11 is 3.28. The van der Waals surface area contributed by atoms with Gasteiger partial charge in [0, 0.05) is 22.8 Å². The first-order chi connectivity index (χ1) is 8.43. The van der Waals surface area contributed by atoms with Crippen LogP contribution in [0.15, 0.2) is 46.0 Å². The van der Waals surface area contributed by atoms with Crippen LogP contribution < -0.4 is 0 Å². The highest BCUT2D eigenvalue weighted by Crippen LogP contribution is 2.21. The predicted molar refractivity (Wildman–Crippen MR) is 73.0 cm³/mol. The van der Waals surface area contributed by atoms with Gasteiger partial charge in [0.15, 0.2) is 0 Å². The van der Waals surface area contributed by atoms with Crippen LogP contribution in [0.3, 0.4) is 0 Å². The van der Waals surface area contributed by atoms with Crippen molar-refractivity contribution in [3.05, 3.63) is 47.0 Å². The van der Waals surface area contributed by atoms with Gasteiger partial charge in [-0.25, -0.2) is 17.4 Å². The summed E-state index contributed by atoms with van der Waals surface area (Å²) in [7, 11) is -3.55. The predicted octanol–water partition coefficient (Wildman–Crippen LogP) is 3.01. The molecule has 0 atom stereocenters. The Bertz CT molecular complexity index is 645. The summed E-state index contributed by atoms with van der Waals surface area (Å²) in [6, 6.07) is 6.56. The average molecular weight is 329 g/mol. The van der Waals surface area contributed by atoms with Gasteiger partial charge in [-0.1, -0.05) is 29.8 Å². The fourth-order valence-electron chi connectivity index (χ4n) is 1.63. The molecule has 0 aliphatic heterocycles. The molecule has 0 N–H and O–H groups in total. The Morgan fingerprint density at radius 1 is 1.22 bits per heavy atom. The molecule has 0 saturated heterocycles. The van der Waals surface area contributed by atoms with Crippen LogP contribution in [-0.2, 0) is 10.0 Å². The Labute approximate surface area is 115 Å². The number of nitrogens with zero attached hydrogens (tertiary/aromatic N) is 2. The van der Waals surface area contributed by atoms with Crippen molar-refractivity contribution in [2.45, 2.75) is 24.7 Å². The van der Waals surface area contributed by atoms with Crippen LogP contribution in [0.1, 0.15) is 25.6 Å². The van der Waals surface area contributed by atoms with Gasteiger partial charge in [-0.2, -0.15) is 0 Å². The normalized spacial score (nSPS) is 12.0. The van der Waals surface area contributed by atoms with Crippen molar-refractivity contribution in [2.75, 3.05) is 0 Å². The number of halogens is 1. The van der Waals surface area contributed by atoms with E-state index < -0.39 is 10.0 Å². The quantitative estimate of drug-likeness (QED) is 0.870. The molecule has 1 heterocycles. The Hall–Kier alpha value is -1.14. The topological polar surface area (TPSA) is 52.0 Å². The van der Waals surface area contributed by atoms with Crippen LogP contribution in [0.4, 0.5) is 0 Å². The molecule has 0 unspecified atom stereocenters. The Balaban J connectivity index is 2.55. The first-order valence-electron chi connectivity index (χ1n) is 5.47. The molecule has 2 rings (SSSR count). The summed E-state index contributed by atoms with van der Waals surface area (Å²) in [5.41, 5.74) is 0. The van der Waals surface area contributed by atoms with E-state index in [4.69, 9.17) is 0 Å². The number of benzene rings is 1. The van der Waals surface area contributed by atoms with Crippen molar-refractivity contribution in [1.82, 2.24) is 8.96 Å². The molecule has 0 fully saturated rings. The molecule has 0 aliphatic rings. The van der Waals surface area contributed by atoms with Crippen molar-refractivity contribution < 1.29 is 8.42 Å². The molecule has 96 valence electrons. The van der Waals surface area contributed by atoms with E-state index in [2.05, 4.69) is 20.9 Å². The molecule has 6 heteroatoms. The standard InChI is InChI=1S/C12H13BrN2O2S/c1-9(2)12-14-7-8-15(12)18(16,17)11-5-3-10(13)4-6-11/h3-9H,1-2H3. The van der Waals surface area contributed by atoms with E-state index in [1.807, 2.05) is 13.8 Å². The first-order valence-corrected chi connectivity index (χ1v) is 7.70. The molecule has 2 aromatic rings. The van der Waals surface area contributed by atoms with Crippen molar-refractivity contribution in [2.24, 2.45) is 0 Å². The minimum Gasteiger partial charge on any atom is -0.240 e. The molecule has 0 spiro atoms. The van der Waals surface area contributed by atoms with E-state index in [1.165, 1.54) is 16.4 Å². The third-order valence-corrected chi connectivity index (χ3v) is 4.74. The fourth-order valence-corrected chi connectivity index (χ4v) is 3.32. The zero-order chi connectivity index (χ0) is 13.3. The van der Waals surface area contributed by atoms with E-state index in [0.717, 1.165) is 4.47 Å². The van der Waals surface area contributed by atoms with Crippen LogP contribution in [-0.4, -0.2) is 17.4 Å². The maximum Gasteiger partial charge on any atom is 0.269 e. The van der Waals surface area contributed by atoms with Crippen LogP contribution >= 0.6 is 15.9 Å². The number of hydrogen-bond acceptors (Lipinski definition) is 3. The highest BCUT2D eigenvalue weighted by atomic mass is 79.9. The number of aromatic nitrogens is 2. The Morgan fingerprint density at radius 2 is 1.83 bits per heavy atom. The van der Waals surface area contributed by atoms with Gasteiger partial charge in [-0.3, -0.25) is 0 Å². The summed E-state index contributed by atoms with van der Waals surface area (Å²) in [6.45, 7) is 3.83.